The molecule has 0 unspecified atom stereocenters. The van der Waals surface area contributed by atoms with Crippen LogP contribution in [0.25, 0.3) is 10.9 Å². The molecule has 126 valence electrons. The van der Waals surface area contributed by atoms with E-state index in [0.29, 0.717) is 6.54 Å². The molecule has 2 aromatic rings. The van der Waals surface area contributed by atoms with Crippen LogP contribution in [-0.2, 0) is 11.2 Å². The Morgan fingerprint density at radius 2 is 1.91 bits per heavy atom. The molecule has 0 atom stereocenters. The number of aromatic hydroxyl groups is 1. The Kier molecular flexibility index (Phi) is 4.73. The lowest BCUT2D eigenvalue weighted by Crippen LogP contribution is -2.40. The molecule has 1 aromatic heterocycles. The summed E-state index contributed by atoms with van der Waals surface area (Å²) in [6.07, 6.45) is 3.52. The van der Waals surface area contributed by atoms with E-state index in [1.165, 1.54) is 0 Å². The maximum Gasteiger partial charge on any atom is 0.225 e. The quantitative estimate of drug-likeness (QED) is 0.780. The number of aromatic nitrogens is 1. The summed E-state index contributed by atoms with van der Waals surface area (Å²) in [7, 11) is 0. The van der Waals surface area contributed by atoms with Crippen LogP contribution in [0.5, 0.6) is 5.75 Å². The van der Waals surface area contributed by atoms with Gasteiger partial charge in [-0.2, -0.15) is 0 Å². The van der Waals surface area contributed by atoms with Gasteiger partial charge in [0, 0.05) is 29.1 Å². The Labute approximate surface area is 138 Å². The van der Waals surface area contributed by atoms with E-state index in [4.69, 9.17) is 0 Å². The minimum Gasteiger partial charge on any atom is -0.508 e. The minimum absolute atomic E-state index is 0.0927. The summed E-state index contributed by atoms with van der Waals surface area (Å²) >= 11 is 0. The van der Waals surface area contributed by atoms with Crippen molar-refractivity contribution in [3.8, 4) is 5.75 Å². The van der Waals surface area contributed by atoms with Gasteiger partial charge in [0.2, 0.25) is 5.91 Å². The lowest BCUT2D eigenvalue weighted by Gasteiger charge is -2.31. The van der Waals surface area contributed by atoms with Gasteiger partial charge in [0.15, 0.2) is 0 Å². The molecule has 1 heterocycles. The molecule has 4 heteroatoms. The number of amides is 1. The van der Waals surface area contributed by atoms with Gasteiger partial charge in [-0.15, -0.1) is 0 Å². The molecule has 3 N–H and O–H groups in total. The highest BCUT2D eigenvalue weighted by Crippen LogP contribution is 2.33. The Morgan fingerprint density at radius 1 is 1.22 bits per heavy atom. The van der Waals surface area contributed by atoms with Crippen molar-refractivity contribution in [2.75, 3.05) is 6.54 Å². The first-order chi connectivity index (χ1) is 10.6. The van der Waals surface area contributed by atoms with Gasteiger partial charge in [0.25, 0.3) is 0 Å². The summed E-state index contributed by atoms with van der Waals surface area (Å²) in [6.45, 7) is 11.0. The van der Waals surface area contributed by atoms with Crippen LogP contribution in [0.2, 0.25) is 0 Å². The van der Waals surface area contributed by atoms with Crippen molar-refractivity contribution in [2.45, 2.75) is 47.5 Å². The molecular formula is C19H28N2O2. The predicted octanol–water partition coefficient (Wildman–Crippen LogP) is 3.99. The summed E-state index contributed by atoms with van der Waals surface area (Å²) in [5.74, 6) is 0.351. The number of phenols is 1. The third-order valence-electron chi connectivity index (χ3n) is 4.02. The number of nitrogens with one attached hydrogen (secondary N) is 2. The molecule has 0 aliphatic carbocycles. The topological polar surface area (TPSA) is 65.1 Å². The molecular weight excluding hydrogens is 288 g/mol. The second-order valence-corrected chi connectivity index (χ2v) is 8.17. The Hall–Kier alpha value is -1.97. The number of benzene rings is 1. The molecule has 4 nitrogen and oxygen atoms in total. The highest BCUT2D eigenvalue weighted by molar-refractivity contribution is 5.85. The monoisotopic (exact) mass is 316 g/mol. The first kappa shape index (κ1) is 17.4. The van der Waals surface area contributed by atoms with E-state index >= 15 is 0 Å². The molecule has 2 rings (SSSR count). The van der Waals surface area contributed by atoms with E-state index in [9.17, 15) is 9.90 Å². The minimum atomic E-state index is -0.378. The molecule has 0 bridgehead atoms. The number of fused-ring (bicyclic) bond motifs is 1. The maximum absolute atomic E-state index is 12.4. The fraction of sp³-hybridized carbons (Fsp3) is 0.526. The summed E-state index contributed by atoms with van der Waals surface area (Å²) in [6, 6.07) is 5.28. The van der Waals surface area contributed by atoms with Crippen molar-refractivity contribution in [2.24, 2.45) is 10.8 Å². The molecule has 0 fully saturated rings. The van der Waals surface area contributed by atoms with Gasteiger partial charge in [-0.05, 0) is 42.0 Å². The predicted molar refractivity (Wildman–Crippen MR) is 94.5 cm³/mol. The highest BCUT2D eigenvalue weighted by atomic mass is 16.3. The molecule has 0 saturated heterocycles. The smallest absolute Gasteiger partial charge is 0.225 e. The normalized spacial score (nSPS) is 12.6. The number of carbonyl (C=O) groups excluding carboxylic acids is 1. The molecule has 0 aliphatic rings. The van der Waals surface area contributed by atoms with Crippen LogP contribution in [0, 0.1) is 10.8 Å². The zero-order valence-electron chi connectivity index (χ0n) is 14.8. The molecule has 1 amide bonds. The average molecular weight is 316 g/mol. The van der Waals surface area contributed by atoms with Crippen LogP contribution in [0.4, 0.5) is 0 Å². The number of hydrogen-bond donors (Lipinski definition) is 3. The number of rotatable bonds is 5. The van der Waals surface area contributed by atoms with Gasteiger partial charge in [-0.1, -0.05) is 34.6 Å². The second-order valence-electron chi connectivity index (χ2n) is 8.17. The molecule has 1 aromatic carbocycles. The first-order valence-electron chi connectivity index (χ1n) is 8.16. The van der Waals surface area contributed by atoms with Crippen LogP contribution in [0.15, 0.2) is 24.4 Å². The molecule has 0 aliphatic heterocycles. The molecule has 0 radical (unpaired) electrons. The number of H-pyrrole nitrogens is 1. The van der Waals surface area contributed by atoms with E-state index in [2.05, 4.69) is 31.1 Å². The number of hydrogen-bond acceptors (Lipinski definition) is 2. The van der Waals surface area contributed by atoms with Crippen molar-refractivity contribution in [1.29, 1.82) is 0 Å². The molecule has 23 heavy (non-hydrogen) atoms. The maximum atomic E-state index is 12.4. The van der Waals surface area contributed by atoms with E-state index in [0.717, 1.165) is 29.3 Å². The Bertz CT molecular complexity index is 693. The fourth-order valence-corrected chi connectivity index (χ4v) is 3.33. The highest BCUT2D eigenvalue weighted by Gasteiger charge is 2.32. The van der Waals surface area contributed by atoms with Crippen molar-refractivity contribution in [3.05, 3.63) is 30.0 Å². The number of carbonyl (C=O) groups is 1. The van der Waals surface area contributed by atoms with Gasteiger partial charge >= 0.3 is 0 Å². The summed E-state index contributed by atoms with van der Waals surface area (Å²) in [4.78, 5) is 15.6. The number of aromatic amines is 1. The van der Waals surface area contributed by atoms with Crippen LogP contribution < -0.4 is 5.32 Å². The largest absolute Gasteiger partial charge is 0.508 e. The lowest BCUT2D eigenvalue weighted by molar-refractivity contribution is -0.130. The lowest BCUT2D eigenvalue weighted by atomic mass is 9.76. The fourth-order valence-electron chi connectivity index (χ4n) is 3.33. The van der Waals surface area contributed by atoms with Gasteiger partial charge in [0.05, 0.1) is 0 Å². The standard InChI is InChI=1S/C19H28N2O2/c1-18(2,3)12-19(4,5)17(23)20-9-8-13-11-21-16-7-6-14(22)10-15(13)16/h6-7,10-11,21-22H,8-9,12H2,1-5H3,(H,20,23). The van der Waals surface area contributed by atoms with Crippen molar-refractivity contribution >= 4 is 16.8 Å². The molecule has 0 saturated carbocycles. The summed E-state index contributed by atoms with van der Waals surface area (Å²) < 4.78 is 0. The SMILES string of the molecule is CC(C)(C)CC(C)(C)C(=O)NCCc1c[nH]c2ccc(O)cc12. The second kappa shape index (κ2) is 6.26. The van der Waals surface area contributed by atoms with Crippen molar-refractivity contribution in [1.82, 2.24) is 10.3 Å². The van der Waals surface area contributed by atoms with Gasteiger partial charge in [0.1, 0.15) is 5.75 Å². The van der Waals surface area contributed by atoms with E-state index in [1.54, 1.807) is 12.1 Å². The average Bonchev–Trinajstić information content (AvgIpc) is 2.78. The van der Waals surface area contributed by atoms with Gasteiger partial charge in [-0.3, -0.25) is 4.79 Å². The van der Waals surface area contributed by atoms with Crippen LogP contribution in [0.3, 0.4) is 0 Å². The third-order valence-corrected chi connectivity index (χ3v) is 4.02. The molecule has 0 spiro atoms. The van der Waals surface area contributed by atoms with Crippen molar-refractivity contribution in [3.63, 3.8) is 0 Å². The van der Waals surface area contributed by atoms with Crippen LogP contribution in [0.1, 0.15) is 46.6 Å². The van der Waals surface area contributed by atoms with Crippen LogP contribution >= 0.6 is 0 Å². The van der Waals surface area contributed by atoms with E-state index in [-0.39, 0.29) is 22.5 Å². The van der Waals surface area contributed by atoms with E-state index in [1.807, 2.05) is 26.1 Å². The first-order valence-corrected chi connectivity index (χ1v) is 8.16. The Balaban J connectivity index is 1.96. The van der Waals surface area contributed by atoms with Crippen LogP contribution in [-0.4, -0.2) is 22.5 Å². The van der Waals surface area contributed by atoms with E-state index < -0.39 is 0 Å². The van der Waals surface area contributed by atoms with Gasteiger partial charge in [-0.25, -0.2) is 0 Å². The third kappa shape index (κ3) is 4.50. The van der Waals surface area contributed by atoms with Gasteiger partial charge < -0.3 is 15.4 Å². The Morgan fingerprint density at radius 3 is 2.57 bits per heavy atom. The summed E-state index contributed by atoms with van der Waals surface area (Å²) in [5, 5.41) is 13.7. The zero-order chi connectivity index (χ0) is 17.3. The zero-order valence-corrected chi connectivity index (χ0v) is 14.8. The number of phenolic OH excluding ortho intramolecular Hbond substituents is 1. The van der Waals surface area contributed by atoms with Crippen molar-refractivity contribution < 1.29 is 9.90 Å². The summed E-state index contributed by atoms with van der Waals surface area (Å²) in [5.41, 5.74) is 1.84.